The third kappa shape index (κ3) is 5.11. The Labute approximate surface area is 147 Å². The number of hydrogen-bond acceptors (Lipinski definition) is 3. The summed E-state index contributed by atoms with van der Waals surface area (Å²) in [5, 5.41) is 2.72. The van der Waals surface area contributed by atoms with Crippen LogP contribution in [-0.2, 0) is 21.4 Å². The number of benzene rings is 2. The molecule has 2 aromatic rings. The number of carbonyl (C=O) groups is 1. The van der Waals surface area contributed by atoms with Crippen molar-refractivity contribution in [1.29, 1.82) is 0 Å². The molecule has 0 unspecified atom stereocenters. The van der Waals surface area contributed by atoms with Gasteiger partial charge in [-0.1, -0.05) is 36.8 Å². The van der Waals surface area contributed by atoms with Crippen LogP contribution in [0.3, 0.4) is 0 Å². The average molecular weight is 364 g/mol. The Morgan fingerprint density at radius 2 is 1.84 bits per heavy atom. The SMILES string of the molecule is CCN(CC(=O)NCc1cccc(C)c1)S(=O)(=O)c1ccc(F)cc1. The van der Waals surface area contributed by atoms with E-state index in [-0.39, 0.29) is 18.0 Å². The molecule has 2 aromatic carbocycles. The van der Waals surface area contributed by atoms with Crippen LogP contribution in [0.15, 0.2) is 53.4 Å². The number of amides is 1. The van der Waals surface area contributed by atoms with Gasteiger partial charge in [-0.3, -0.25) is 4.79 Å². The molecule has 0 saturated heterocycles. The van der Waals surface area contributed by atoms with Crippen LogP contribution in [0.1, 0.15) is 18.1 Å². The zero-order valence-electron chi connectivity index (χ0n) is 14.2. The number of hydrogen-bond donors (Lipinski definition) is 1. The molecule has 0 radical (unpaired) electrons. The Morgan fingerprint density at radius 3 is 2.44 bits per heavy atom. The molecule has 1 amide bonds. The van der Waals surface area contributed by atoms with Crippen molar-refractivity contribution in [2.45, 2.75) is 25.3 Å². The fourth-order valence-electron chi connectivity index (χ4n) is 2.36. The summed E-state index contributed by atoms with van der Waals surface area (Å²) in [7, 11) is -3.85. The van der Waals surface area contributed by atoms with Gasteiger partial charge in [0, 0.05) is 13.1 Å². The largest absolute Gasteiger partial charge is 0.351 e. The third-order valence-electron chi connectivity index (χ3n) is 3.70. The standard InChI is InChI=1S/C18H21FN2O3S/c1-3-21(25(23,24)17-9-7-16(19)8-10-17)13-18(22)20-12-15-6-4-5-14(2)11-15/h4-11H,3,12-13H2,1-2H3,(H,20,22). The van der Waals surface area contributed by atoms with Crippen molar-refractivity contribution >= 4 is 15.9 Å². The van der Waals surface area contributed by atoms with E-state index in [1.54, 1.807) is 6.92 Å². The van der Waals surface area contributed by atoms with Gasteiger partial charge in [-0.2, -0.15) is 4.31 Å². The van der Waals surface area contributed by atoms with Crippen molar-refractivity contribution in [3.63, 3.8) is 0 Å². The molecule has 1 N–H and O–H groups in total. The second kappa shape index (κ2) is 8.22. The number of nitrogens with one attached hydrogen (secondary N) is 1. The van der Waals surface area contributed by atoms with Gasteiger partial charge < -0.3 is 5.32 Å². The van der Waals surface area contributed by atoms with Crippen LogP contribution in [-0.4, -0.2) is 31.7 Å². The van der Waals surface area contributed by atoms with E-state index in [1.165, 1.54) is 12.1 Å². The van der Waals surface area contributed by atoms with Gasteiger partial charge in [0.05, 0.1) is 11.4 Å². The maximum absolute atomic E-state index is 13.0. The summed E-state index contributed by atoms with van der Waals surface area (Å²) in [5.41, 5.74) is 2.03. The molecule has 0 aliphatic heterocycles. The Hall–Kier alpha value is -2.25. The summed E-state index contributed by atoms with van der Waals surface area (Å²) in [6.07, 6.45) is 0. The van der Waals surface area contributed by atoms with Gasteiger partial charge in [-0.15, -0.1) is 0 Å². The first-order valence-corrected chi connectivity index (χ1v) is 9.35. The average Bonchev–Trinajstić information content (AvgIpc) is 2.58. The molecule has 0 aromatic heterocycles. The molecule has 134 valence electrons. The third-order valence-corrected chi connectivity index (χ3v) is 5.63. The minimum atomic E-state index is -3.85. The zero-order chi connectivity index (χ0) is 18.4. The van der Waals surface area contributed by atoms with E-state index < -0.39 is 21.7 Å². The van der Waals surface area contributed by atoms with Crippen molar-refractivity contribution in [3.8, 4) is 0 Å². The van der Waals surface area contributed by atoms with Gasteiger partial charge in [0.25, 0.3) is 0 Å². The van der Waals surface area contributed by atoms with Crippen LogP contribution in [0.4, 0.5) is 4.39 Å². The Balaban J connectivity index is 2.02. The first-order valence-electron chi connectivity index (χ1n) is 7.91. The first kappa shape index (κ1) is 19.1. The van der Waals surface area contributed by atoms with Gasteiger partial charge in [-0.25, -0.2) is 12.8 Å². The highest BCUT2D eigenvalue weighted by atomic mass is 32.2. The summed E-state index contributed by atoms with van der Waals surface area (Å²) in [6, 6.07) is 12.2. The highest BCUT2D eigenvalue weighted by Crippen LogP contribution is 2.15. The zero-order valence-corrected chi connectivity index (χ0v) is 15.0. The molecule has 0 atom stereocenters. The number of aryl methyl sites for hydroxylation is 1. The number of likely N-dealkylation sites (N-methyl/N-ethyl adjacent to an activating group) is 1. The van der Waals surface area contributed by atoms with Crippen LogP contribution in [0.25, 0.3) is 0 Å². The number of sulfonamides is 1. The Bertz CT molecular complexity index is 836. The van der Waals surface area contributed by atoms with Crippen molar-refractivity contribution in [1.82, 2.24) is 9.62 Å². The molecular weight excluding hydrogens is 343 g/mol. The minimum Gasteiger partial charge on any atom is -0.351 e. The smallest absolute Gasteiger partial charge is 0.243 e. The van der Waals surface area contributed by atoms with Gasteiger partial charge in [0.15, 0.2) is 0 Å². The quantitative estimate of drug-likeness (QED) is 0.821. The van der Waals surface area contributed by atoms with Crippen molar-refractivity contribution < 1.29 is 17.6 Å². The molecule has 2 rings (SSSR count). The van der Waals surface area contributed by atoms with Gasteiger partial charge >= 0.3 is 0 Å². The highest BCUT2D eigenvalue weighted by Gasteiger charge is 2.25. The normalized spacial score (nSPS) is 11.5. The minimum absolute atomic E-state index is 0.0396. The van der Waals surface area contributed by atoms with E-state index in [2.05, 4.69) is 5.32 Å². The second-order valence-electron chi connectivity index (χ2n) is 5.65. The summed E-state index contributed by atoms with van der Waals surface area (Å²) in [6.45, 7) is 3.78. The van der Waals surface area contributed by atoms with E-state index in [4.69, 9.17) is 0 Å². The van der Waals surface area contributed by atoms with E-state index >= 15 is 0 Å². The predicted molar refractivity (Wildman–Crippen MR) is 93.9 cm³/mol. The Kier molecular flexibility index (Phi) is 6.27. The number of halogens is 1. The molecule has 0 spiro atoms. The summed E-state index contributed by atoms with van der Waals surface area (Å²) in [4.78, 5) is 12.1. The summed E-state index contributed by atoms with van der Waals surface area (Å²) >= 11 is 0. The molecule has 0 aliphatic carbocycles. The molecule has 5 nitrogen and oxygen atoms in total. The monoisotopic (exact) mass is 364 g/mol. The lowest BCUT2D eigenvalue weighted by Gasteiger charge is -2.20. The summed E-state index contributed by atoms with van der Waals surface area (Å²) < 4.78 is 39.2. The lowest BCUT2D eigenvalue weighted by Crippen LogP contribution is -2.40. The topological polar surface area (TPSA) is 66.5 Å². The van der Waals surface area contributed by atoms with E-state index in [9.17, 15) is 17.6 Å². The van der Waals surface area contributed by atoms with E-state index in [0.717, 1.165) is 27.6 Å². The van der Waals surface area contributed by atoms with Gasteiger partial charge in [-0.05, 0) is 36.8 Å². The van der Waals surface area contributed by atoms with Crippen molar-refractivity contribution in [2.75, 3.05) is 13.1 Å². The molecule has 0 aliphatic rings. The van der Waals surface area contributed by atoms with Crippen LogP contribution in [0.2, 0.25) is 0 Å². The molecule has 0 saturated carbocycles. The molecule has 0 fully saturated rings. The van der Waals surface area contributed by atoms with Crippen LogP contribution < -0.4 is 5.32 Å². The Morgan fingerprint density at radius 1 is 1.16 bits per heavy atom. The molecule has 25 heavy (non-hydrogen) atoms. The first-order chi connectivity index (χ1) is 11.8. The number of carbonyl (C=O) groups excluding carboxylic acids is 1. The predicted octanol–water partition coefficient (Wildman–Crippen LogP) is 2.46. The van der Waals surface area contributed by atoms with Crippen LogP contribution >= 0.6 is 0 Å². The fraction of sp³-hybridized carbons (Fsp3) is 0.278. The lowest BCUT2D eigenvalue weighted by molar-refractivity contribution is -0.121. The fourth-order valence-corrected chi connectivity index (χ4v) is 3.77. The maximum atomic E-state index is 13.0. The molecule has 0 bridgehead atoms. The van der Waals surface area contributed by atoms with E-state index in [0.29, 0.717) is 6.54 Å². The molecule has 7 heteroatoms. The van der Waals surface area contributed by atoms with Gasteiger partial charge in [0.2, 0.25) is 15.9 Å². The van der Waals surface area contributed by atoms with Crippen molar-refractivity contribution in [2.24, 2.45) is 0 Å². The number of rotatable bonds is 7. The van der Waals surface area contributed by atoms with Crippen LogP contribution in [0.5, 0.6) is 0 Å². The lowest BCUT2D eigenvalue weighted by atomic mass is 10.1. The highest BCUT2D eigenvalue weighted by molar-refractivity contribution is 7.89. The number of nitrogens with zero attached hydrogens (tertiary/aromatic N) is 1. The van der Waals surface area contributed by atoms with Gasteiger partial charge in [0.1, 0.15) is 5.82 Å². The molecular formula is C18H21FN2O3S. The van der Waals surface area contributed by atoms with Crippen molar-refractivity contribution in [3.05, 3.63) is 65.5 Å². The van der Waals surface area contributed by atoms with E-state index in [1.807, 2.05) is 31.2 Å². The maximum Gasteiger partial charge on any atom is 0.243 e. The second-order valence-corrected chi connectivity index (χ2v) is 7.59. The summed E-state index contributed by atoms with van der Waals surface area (Å²) in [5.74, 6) is -0.910. The molecule has 0 heterocycles. The van der Waals surface area contributed by atoms with Crippen LogP contribution in [0, 0.1) is 12.7 Å².